The Morgan fingerprint density at radius 3 is 2.17 bits per heavy atom. The molecule has 4 N–H and O–H groups in total. The predicted molar refractivity (Wildman–Crippen MR) is 139 cm³/mol. The lowest BCUT2D eigenvalue weighted by molar-refractivity contribution is -0.264. The highest BCUT2D eigenvalue weighted by Crippen LogP contribution is 2.47. The van der Waals surface area contributed by atoms with Crippen LogP contribution in [0.4, 0.5) is 0 Å². The van der Waals surface area contributed by atoms with Gasteiger partial charge in [-0.2, -0.15) is 0 Å². The maximum absolute atomic E-state index is 9.97. The number of nitrogens with two attached hydrogens (primary N) is 1. The summed E-state index contributed by atoms with van der Waals surface area (Å²) in [7, 11) is 0. The smallest absolute Gasteiger partial charge is 0.184 e. The SMILES string of the molecule is NCc1ccc(C2OC(CN3CCCC3CO)C(c3ccccc3)C(c3ccc(CO)cc3)O2)cc1. The Balaban J connectivity index is 1.54. The maximum Gasteiger partial charge on any atom is 0.184 e. The highest BCUT2D eigenvalue weighted by molar-refractivity contribution is 5.32. The number of aliphatic hydroxyl groups excluding tert-OH is 2. The minimum atomic E-state index is -0.528. The number of likely N-dealkylation sites (tertiary alicyclic amines) is 1. The molecule has 2 heterocycles. The van der Waals surface area contributed by atoms with E-state index in [9.17, 15) is 10.2 Å². The molecular weight excluding hydrogens is 452 g/mol. The molecule has 3 aromatic rings. The first-order valence-electron chi connectivity index (χ1n) is 12.9. The van der Waals surface area contributed by atoms with E-state index in [-0.39, 0.29) is 37.4 Å². The zero-order valence-electron chi connectivity index (χ0n) is 20.6. The highest BCUT2D eigenvalue weighted by atomic mass is 16.7. The molecule has 0 aliphatic carbocycles. The second-order valence-electron chi connectivity index (χ2n) is 9.82. The van der Waals surface area contributed by atoms with Crippen molar-refractivity contribution >= 4 is 0 Å². The minimum Gasteiger partial charge on any atom is -0.395 e. The third kappa shape index (κ3) is 5.39. The summed E-state index contributed by atoms with van der Waals surface area (Å²) < 4.78 is 13.5. The van der Waals surface area contributed by atoms with Gasteiger partial charge in [0, 0.05) is 30.6 Å². The third-order valence-corrected chi connectivity index (χ3v) is 7.58. The van der Waals surface area contributed by atoms with Gasteiger partial charge in [-0.1, -0.05) is 78.9 Å². The molecule has 0 bridgehead atoms. The van der Waals surface area contributed by atoms with Crippen molar-refractivity contribution in [2.24, 2.45) is 5.73 Å². The summed E-state index contributed by atoms with van der Waals surface area (Å²) in [5.74, 6) is -0.0364. The molecule has 0 amide bonds. The van der Waals surface area contributed by atoms with Gasteiger partial charge in [0.15, 0.2) is 6.29 Å². The lowest BCUT2D eigenvalue weighted by Gasteiger charge is -2.44. The molecule has 6 nitrogen and oxygen atoms in total. The van der Waals surface area contributed by atoms with Crippen LogP contribution in [-0.2, 0) is 22.6 Å². The number of benzene rings is 3. The van der Waals surface area contributed by atoms with E-state index in [1.165, 1.54) is 0 Å². The molecule has 6 heteroatoms. The van der Waals surface area contributed by atoms with Gasteiger partial charge in [0.2, 0.25) is 0 Å². The van der Waals surface area contributed by atoms with Gasteiger partial charge in [0.05, 0.1) is 25.4 Å². The fraction of sp³-hybridized carbons (Fsp3) is 0.400. The van der Waals surface area contributed by atoms with E-state index in [4.69, 9.17) is 15.2 Å². The van der Waals surface area contributed by atoms with Gasteiger partial charge < -0.3 is 25.4 Å². The largest absolute Gasteiger partial charge is 0.395 e. The molecule has 36 heavy (non-hydrogen) atoms. The molecule has 5 unspecified atom stereocenters. The first-order chi connectivity index (χ1) is 17.7. The van der Waals surface area contributed by atoms with E-state index in [1.54, 1.807) is 0 Å². The molecule has 5 rings (SSSR count). The average molecular weight is 489 g/mol. The van der Waals surface area contributed by atoms with Gasteiger partial charge in [-0.05, 0) is 41.6 Å². The summed E-state index contributed by atoms with van der Waals surface area (Å²) in [5, 5.41) is 19.5. The second kappa shape index (κ2) is 11.6. The van der Waals surface area contributed by atoms with Crippen molar-refractivity contribution < 1.29 is 19.7 Å². The van der Waals surface area contributed by atoms with Gasteiger partial charge >= 0.3 is 0 Å². The van der Waals surface area contributed by atoms with Crippen LogP contribution in [0.3, 0.4) is 0 Å². The molecule has 2 aliphatic rings. The maximum atomic E-state index is 9.97. The van der Waals surface area contributed by atoms with E-state index < -0.39 is 6.29 Å². The van der Waals surface area contributed by atoms with E-state index in [0.717, 1.165) is 53.7 Å². The number of rotatable bonds is 8. The number of hydrogen-bond donors (Lipinski definition) is 3. The second-order valence-corrected chi connectivity index (χ2v) is 9.82. The summed E-state index contributed by atoms with van der Waals surface area (Å²) >= 11 is 0. The molecule has 2 fully saturated rings. The summed E-state index contributed by atoms with van der Waals surface area (Å²) in [6.07, 6.45) is 1.18. The number of aliphatic hydroxyl groups is 2. The van der Waals surface area contributed by atoms with Crippen LogP contribution in [-0.4, -0.2) is 47.0 Å². The van der Waals surface area contributed by atoms with Crippen LogP contribution >= 0.6 is 0 Å². The predicted octanol–water partition coefficient (Wildman–Crippen LogP) is 4.03. The minimum absolute atomic E-state index is 0.00722. The molecule has 2 saturated heterocycles. The Bertz CT molecular complexity index is 1090. The van der Waals surface area contributed by atoms with E-state index >= 15 is 0 Å². The monoisotopic (exact) mass is 488 g/mol. The van der Waals surface area contributed by atoms with Crippen LogP contribution in [0.15, 0.2) is 78.9 Å². The molecule has 5 atom stereocenters. The van der Waals surface area contributed by atoms with Crippen molar-refractivity contribution in [1.82, 2.24) is 4.90 Å². The summed E-state index contributed by atoms with van der Waals surface area (Å²) in [6.45, 7) is 2.33. The first kappa shape index (κ1) is 25.1. The van der Waals surface area contributed by atoms with Crippen LogP contribution in [0.1, 0.15) is 59.0 Å². The van der Waals surface area contributed by atoms with Crippen LogP contribution in [0.25, 0.3) is 0 Å². The van der Waals surface area contributed by atoms with Gasteiger partial charge in [-0.25, -0.2) is 0 Å². The molecule has 0 aromatic heterocycles. The lowest BCUT2D eigenvalue weighted by atomic mass is 9.83. The molecule has 3 aromatic carbocycles. The number of hydrogen-bond acceptors (Lipinski definition) is 6. The average Bonchev–Trinajstić information content (AvgIpc) is 3.40. The summed E-state index contributed by atoms with van der Waals surface area (Å²) in [6, 6.07) is 26.7. The normalized spacial score (nSPS) is 26.8. The first-order valence-corrected chi connectivity index (χ1v) is 12.9. The van der Waals surface area contributed by atoms with Crippen molar-refractivity contribution in [2.45, 2.75) is 56.5 Å². The van der Waals surface area contributed by atoms with Gasteiger partial charge in [-0.15, -0.1) is 0 Å². The van der Waals surface area contributed by atoms with Crippen molar-refractivity contribution in [3.05, 3.63) is 107 Å². The Hall–Kier alpha value is -2.58. The molecule has 2 aliphatic heterocycles. The number of ether oxygens (including phenoxy) is 2. The molecule has 0 spiro atoms. The Labute approximate surface area is 213 Å². The zero-order chi connectivity index (χ0) is 24.9. The van der Waals surface area contributed by atoms with Crippen LogP contribution in [0.5, 0.6) is 0 Å². The van der Waals surface area contributed by atoms with Gasteiger partial charge in [0.25, 0.3) is 0 Å². The van der Waals surface area contributed by atoms with Gasteiger partial charge in [-0.3, -0.25) is 4.90 Å². The Kier molecular flexibility index (Phi) is 8.12. The summed E-state index contributed by atoms with van der Waals surface area (Å²) in [5.41, 5.74) is 10.9. The van der Waals surface area contributed by atoms with Crippen LogP contribution in [0.2, 0.25) is 0 Å². The highest BCUT2D eigenvalue weighted by Gasteiger charge is 2.43. The lowest BCUT2D eigenvalue weighted by Crippen LogP contribution is -2.46. The number of nitrogens with zero attached hydrogens (tertiary/aromatic N) is 1. The Morgan fingerprint density at radius 1 is 0.806 bits per heavy atom. The molecule has 190 valence electrons. The van der Waals surface area contributed by atoms with E-state index in [0.29, 0.717) is 6.54 Å². The van der Waals surface area contributed by atoms with E-state index in [1.807, 2.05) is 42.5 Å². The van der Waals surface area contributed by atoms with Crippen LogP contribution < -0.4 is 5.73 Å². The Morgan fingerprint density at radius 2 is 1.50 bits per heavy atom. The third-order valence-electron chi connectivity index (χ3n) is 7.58. The zero-order valence-corrected chi connectivity index (χ0v) is 20.6. The topological polar surface area (TPSA) is 88.2 Å². The van der Waals surface area contributed by atoms with Crippen molar-refractivity contribution in [1.29, 1.82) is 0 Å². The quantitative estimate of drug-likeness (QED) is 0.444. The fourth-order valence-electron chi connectivity index (χ4n) is 5.55. The molecular formula is C30H36N2O4. The fourth-order valence-corrected chi connectivity index (χ4v) is 5.55. The van der Waals surface area contributed by atoms with Crippen molar-refractivity contribution in [3.8, 4) is 0 Å². The van der Waals surface area contributed by atoms with Gasteiger partial charge in [0.1, 0.15) is 0 Å². The van der Waals surface area contributed by atoms with Crippen molar-refractivity contribution in [2.75, 3.05) is 19.7 Å². The van der Waals surface area contributed by atoms with Crippen LogP contribution in [0, 0.1) is 0 Å². The van der Waals surface area contributed by atoms with Crippen molar-refractivity contribution in [3.63, 3.8) is 0 Å². The molecule has 0 saturated carbocycles. The summed E-state index contributed by atoms with van der Waals surface area (Å²) in [4.78, 5) is 2.37. The van der Waals surface area contributed by atoms with E-state index in [2.05, 4.69) is 41.3 Å². The standard InChI is InChI=1S/C30H36N2O4/c31-17-21-8-14-25(15-9-21)30-35-27(18-32-16-4-7-26(32)20-34)28(23-5-2-1-3-6-23)29(36-30)24-12-10-22(19-33)11-13-24/h1-3,5-6,8-15,26-30,33-34H,4,7,16-20,31H2. The molecule has 0 radical (unpaired) electrons.